The van der Waals surface area contributed by atoms with Gasteiger partial charge >= 0.3 is 0 Å². The van der Waals surface area contributed by atoms with Crippen LogP contribution >= 0.6 is 12.4 Å². The van der Waals surface area contributed by atoms with E-state index < -0.39 is 0 Å². The van der Waals surface area contributed by atoms with Gasteiger partial charge in [-0.3, -0.25) is 4.79 Å². The van der Waals surface area contributed by atoms with Gasteiger partial charge in [0.25, 0.3) is 0 Å². The Morgan fingerprint density at radius 1 is 1.35 bits per heavy atom. The molecule has 1 heterocycles. The van der Waals surface area contributed by atoms with Crippen molar-refractivity contribution in [2.75, 3.05) is 38.2 Å². The Bertz CT molecular complexity index is 481. The van der Waals surface area contributed by atoms with Gasteiger partial charge in [-0.2, -0.15) is 0 Å². The average Bonchev–Trinajstić information content (AvgIpc) is 2.45. The van der Waals surface area contributed by atoms with E-state index >= 15 is 0 Å². The lowest BCUT2D eigenvalue weighted by Gasteiger charge is -2.31. The summed E-state index contributed by atoms with van der Waals surface area (Å²) in [6.45, 7) is 8.24. The molecule has 5 nitrogen and oxygen atoms in total. The first-order valence-electron chi connectivity index (χ1n) is 7.96. The van der Waals surface area contributed by atoms with E-state index in [1.54, 1.807) is 0 Å². The molecule has 23 heavy (non-hydrogen) atoms. The van der Waals surface area contributed by atoms with Crippen molar-refractivity contribution >= 4 is 24.0 Å². The summed E-state index contributed by atoms with van der Waals surface area (Å²) < 4.78 is 10.8. The van der Waals surface area contributed by atoms with E-state index in [-0.39, 0.29) is 24.2 Å². The van der Waals surface area contributed by atoms with E-state index in [9.17, 15) is 4.79 Å². The van der Waals surface area contributed by atoms with Crippen molar-refractivity contribution in [3.63, 3.8) is 0 Å². The highest BCUT2D eigenvalue weighted by Crippen LogP contribution is 2.19. The molecule has 1 aromatic rings. The van der Waals surface area contributed by atoms with E-state index in [1.165, 1.54) is 0 Å². The number of ether oxygens (including phenoxy) is 2. The molecule has 1 unspecified atom stereocenters. The van der Waals surface area contributed by atoms with E-state index in [0.29, 0.717) is 32.3 Å². The highest BCUT2D eigenvalue weighted by molar-refractivity contribution is 5.92. The van der Waals surface area contributed by atoms with Crippen LogP contribution in [0.4, 0.5) is 5.69 Å². The topological polar surface area (TPSA) is 59.6 Å². The molecule has 0 spiro atoms. The number of amides is 1. The molecule has 2 N–H and O–H groups in total. The van der Waals surface area contributed by atoms with E-state index in [0.717, 1.165) is 24.3 Å². The second-order valence-electron chi connectivity index (χ2n) is 5.65. The van der Waals surface area contributed by atoms with Crippen LogP contribution in [-0.2, 0) is 20.9 Å². The Hall–Kier alpha value is -1.14. The first-order chi connectivity index (χ1) is 10.7. The van der Waals surface area contributed by atoms with Crippen LogP contribution in [0.2, 0.25) is 0 Å². The zero-order chi connectivity index (χ0) is 15.8. The summed E-state index contributed by atoms with van der Waals surface area (Å²) in [5.74, 6) is 0.568. The minimum absolute atomic E-state index is 0. The quantitative estimate of drug-likeness (QED) is 0.677. The smallest absolute Gasteiger partial charge is 0.227 e. The lowest BCUT2D eigenvalue weighted by molar-refractivity contribution is -0.121. The first kappa shape index (κ1) is 19.9. The number of carbonyl (C=O) groups is 1. The molecule has 1 saturated heterocycles. The molecule has 0 aliphatic carbocycles. The van der Waals surface area contributed by atoms with Gasteiger partial charge in [0.1, 0.15) is 0 Å². The third kappa shape index (κ3) is 6.47. The van der Waals surface area contributed by atoms with E-state index in [1.807, 2.05) is 38.1 Å². The highest BCUT2D eigenvalue weighted by atomic mass is 35.5. The maximum absolute atomic E-state index is 12.2. The zero-order valence-electron chi connectivity index (χ0n) is 13.8. The fourth-order valence-electron chi connectivity index (χ4n) is 2.33. The van der Waals surface area contributed by atoms with Crippen molar-refractivity contribution < 1.29 is 14.3 Å². The van der Waals surface area contributed by atoms with Gasteiger partial charge in [-0.05, 0) is 43.6 Å². The normalized spacial score (nSPS) is 15.4. The van der Waals surface area contributed by atoms with Gasteiger partial charge in [-0.1, -0.05) is 19.1 Å². The third-order valence-corrected chi connectivity index (χ3v) is 3.97. The van der Waals surface area contributed by atoms with Crippen LogP contribution in [0.1, 0.15) is 19.4 Å². The molecule has 0 saturated carbocycles. The summed E-state index contributed by atoms with van der Waals surface area (Å²) in [6.07, 6.45) is 0. The first-order valence-corrected chi connectivity index (χ1v) is 7.96. The fraction of sp³-hybridized carbons (Fsp3) is 0.588. The summed E-state index contributed by atoms with van der Waals surface area (Å²) in [5, 5.41) is 6.20. The van der Waals surface area contributed by atoms with Gasteiger partial charge in [0.2, 0.25) is 5.91 Å². The average molecular weight is 343 g/mol. The Morgan fingerprint density at radius 3 is 2.74 bits per heavy atom. The number of carbonyl (C=O) groups excluding carboxylic acids is 1. The summed E-state index contributed by atoms with van der Waals surface area (Å²) in [4.78, 5) is 12.2. The molecule has 0 bridgehead atoms. The Kier molecular flexibility index (Phi) is 9.17. The van der Waals surface area contributed by atoms with Crippen LogP contribution in [0.5, 0.6) is 0 Å². The minimum Gasteiger partial charge on any atom is -0.379 e. The van der Waals surface area contributed by atoms with Crippen LogP contribution in [0.3, 0.4) is 0 Å². The lowest BCUT2D eigenvalue weighted by atomic mass is 9.88. The largest absolute Gasteiger partial charge is 0.379 e. The van der Waals surface area contributed by atoms with Gasteiger partial charge in [0.05, 0.1) is 19.8 Å². The second-order valence-corrected chi connectivity index (χ2v) is 5.65. The molecular formula is C17H27ClN2O3. The maximum atomic E-state index is 12.2. The lowest BCUT2D eigenvalue weighted by Crippen LogP contribution is -2.48. The summed E-state index contributed by atoms with van der Waals surface area (Å²) >= 11 is 0. The molecule has 0 aromatic heterocycles. The number of rotatable bonds is 9. The predicted octanol–water partition coefficient (Wildman–Crippen LogP) is 2.46. The molecule has 130 valence electrons. The SMILES string of the molecule is CCOCCOCc1cccc(NC(=O)C(C)C2CNC2)c1.Cl. The summed E-state index contributed by atoms with van der Waals surface area (Å²) in [5.41, 5.74) is 1.88. The molecule has 1 aromatic carbocycles. The number of anilines is 1. The monoisotopic (exact) mass is 342 g/mol. The summed E-state index contributed by atoms with van der Waals surface area (Å²) in [7, 11) is 0. The predicted molar refractivity (Wildman–Crippen MR) is 94.0 cm³/mol. The molecule has 1 atom stereocenters. The van der Waals surface area contributed by atoms with Crippen LogP contribution in [0, 0.1) is 11.8 Å². The van der Waals surface area contributed by atoms with Crippen molar-refractivity contribution in [3.05, 3.63) is 29.8 Å². The van der Waals surface area contributed by atoms with Gasteiger partial charge in [-0.25, -0.2) is 0 Å². The second kappa shape index (κ2) is 10.6. The van der Waals surface area contributed by atoms with Crippen molar-refractivity contribution in [2.24, 2.45) is 11.8 Å². The number of hydrogen-bond acceptors (Lipinski definition) is 4. The third-order valence-electron chi connectivity index (χ3n) is 3.97. The van der Waals surface area contributed by atoms with Crippen molar-refractivity contribution in [3.8, 4) is 0 Å². The van der Waals surface area contributed by atoms with E-state index in [4.69, 9.17) is 9.47 Å². The van der Waals surface area contributed by atoms with Gasteiger partial charge < -0.3 is 20.1 Å². The van der Waals surface area contributed by atoms with Crippen LogP contribution in [0.15, 0.2) is 24.3 Å². The number of nitrogens with one attached hydrogen (secondary N) is 2. The number of benzene rings is 1. The Balaban J connectivity index is 0.00000264. The van der Waals surface area contributed by atoms with Crippen molar-refractivity contribution in [1.29, 1.82) is 0 Å². The maximum Gasteiger partial charge on any atom is 0.227 e. The van der Waals surface area contributed by atoms with Crippen molar-refractivity contribution in [1.82, 2.24) is 5.32 Å². The van der Waals surface area contributed by atoms with E-state index in [2.05, 4.69) is 10.6 Å². The fourth-order valence-corrected chi connectivity index (χ4v) is 2.33. The molecular weight excluding hydrogens is 316 g/mol. The number of hydrogen-bond donors (Lipinski definition) is 2. The van der Waals surface area contributed by atoms with Gasteiger partial charge in [-0.15, -0.1) is 12.4 Å². The number of halogens is 1. The van der Waals surface area contributed by atoms with Crippen molar-refractivity contribution in [2.45, 2.75) is 20.5 Å². The minimum atomic E-state index is 0. The van der Waals surface area contributed by atoms with Crippen LogP contribution < -0.4 is 10.6 Å². The van der Waals surface area contributed by atoms with Crippen LogP contribution in [-0.4, -0.2) is 38.8 Å². The molecule has 1 aliphatic rings. The molecule has 2 rings (SSSR count). The van der Waals surface area contributed by atoms with Gasteiger partial charge in [0.15, 0.2) is 0 Å². The Labute approximate surface area is 144 Å². The molecule has 0 radical (unpaired) electrons. The molecule has 6 heteroatoms. The van der Waals surface area contributed by atoms with Crippen LogP contribution in [0.25, 0.3) is 0 Å². The van der Waals surface area contributed by atoms with Gasteiger partial charge in [0, 0.05) is 18.2 Å². The summed E-state index contributed by atoms with van der Waals surface area (Å²) in [6, 6.07) is 7.81. The Morgan fingerprint density at radius 2 is 2.09 bits per heavy atom. The highest BCUT2D eigenvalue weighted by Gasteiger charge is 2.28. The molecule has 1 fully saturated rings. The molecule has 1 aliphatic heterocycles. The molecule has 1 amide bonds. The zero-order valence-corrected chi connectivity index (χ0v) is 14.7. The standard InChI is InChI=1S/C17H26N2O3.ClH/c1-3-21-7-8-22-12-14-5-4-6-16(9-14)19-17(20)13(2)15-10-18-11-15;/h4-6,9,13,15,18H,3,7-8,10-12H2,1-2H3,(H,19,20);1H.